The zero-order valence-electron chi connectivity index (χ0n) is 13.2. The SMILES string of the molecule is CC1CCCCN1c1ccc(CCCN2CCOCC2)o1. The van der Waals surface area contributed by atoms with Gasteiger partial charge in [0.1, 0.15) is 5.76 Å². The Hall–Kier alpha value is -1.00. The van der Waals surface area contributed by atoms with E-state index in [0.717, 1.165) is 57.5 Å². The fourth-order valence-corrected chi connectivity index (χ4v) is 3.38. The molecular formula is C17H28N2O2. The van der Waals surface area contributed by atoms with E-state index in [1.54, 1.807) is 0 Å². The minimum atomic E-state index is 0.617. The minimum absolute atomic E-state index is 0.617. The number of morpholine rings is 1. The maximum Gasteiger partial charge on any atom is 0.195 e. The highest BCUT2D eigenvalue weighted by atomic mass is 16.5. The lowest BCUT2D eigenvalue weighted by Crippen LogP contribution is -2.37. The van der Waals surface area contributed by atoms with Gasteiger partial charge >= 0.3 is 0 Å². The van der Waals surface area contributed by atoms with Gasteiger partial charge in [0.15, 0.2) is 5.88 Å². The van der Waals surface area contributed by atoms with E-state index in [2.05, 4.69) is 28.9 Å². The van der Waals surface area contributed by atoms with Gasteiger partial charge in [-0.1, -0.05) is 0 Å². The van der Waals surface area contributed by atoms with Gasteiger partial charge in [-0.15, -0.1) is 0 Å². The molecule has 0 aliphatic carbocycles. The summed E-state index contributed by atoms with van der Waals surface area (Å²) in [6.45, 7) is 8.53. The second kappa shape index (κ2) is 7.32. The predicted octanol–water partition coefficient (Wildman–Crippen LogP) is 2.92. The highest BCUT2D eigenvalue weighted by Crippen LogP contribution is 2.26. The molecule has 4 heteroatoms. The molecule has 2 fully saturated rings. The van der Waals surface area contributed by atoms with Crippen LogP contribution in [0.5, 0.6) is 0 Å². The van der Waals surface area contributed by atoms with Crippen molar-refractivity contribution in [3.8, 4) is 0 Å². The fourth-order valence-electron chi connectivity index (χ4n) is 3.38. The Morgan fingerprint density at radius 2 is 2.00 bits per heavy atom. The van der Waals surface area contributed by atoms with Gasteiger partial charge in [-0.2, -0.15) is 0 Å². The number of nitrogens with zero attached hydrogens (tertiary/aromatic N) is 2. The van der Waals surface area contributed by atoms with E-state index in [0.29, 0.717) is 6.04 Å². The summed E-state index contributed by atoms with van der Waals surface area (Å²) in [5, 5.41) is 0. The van der Waals surface area contributed by atoms with Crippen molar-refractivity contribution in [2.45, 2.75) is 45.1 Å². The van der Waals surface area contributed by atoms with Crippen molar-refractivity contribution in [1.82, 2.24) is 4.90 Å². The lowest BCUT2D eigenvalue weighted by molar-refractivity contribution is 0.0373. The maximum atomic E-state index is 6.07. The first-order valence-electron chi connectivity index (χ1n) is 8.48. The summed E-state index contributed by atoms with van der Waals surface area (Å²) in [6.07, 6.45) is 6.14. The van der Waals surface area contributed by atoms with Crippen molar-refractivity contribution >= 4 is 5.88 Å². The monoisotopic (exact) mass is 292 g/mol. The molecule has 1 atom stereocenters. The van der Waals surface area contributed by atoms with Crippen LogP contribution in [-0.2, 0) is 11.2 Å². The number of piperidine rings is 1. The van der Waals surface area contributed by atoms with Crippen molar-refractivity contribution in [3.63, 3.8) is 0 Å². The van der Waals surface area contributed by atoms with Gasteiger partial charge in [-0.25, -0.2) is 0 Å². The second-order valence-corrected chi connectivity index (χ2v) is 6.34. The summed E-state index contributed by atoms with van der Waals surface area (Å²) >= 11 is 0. The number of furan rings is 1. The molecule has 1 unspecified atom stereocenters. The van der Waals surface area contributed by atoms with Crippen LogP contribution >= 0.6 is 0 Å². The van der Waals surface area contributed by atoms with E-state index in [4.69, 9.17) is 9.15 Å². The topological polar surface area (TPSA) is 28.9 Å². The smallest absolute Gasteiger partial charge is 0.195 e. The highest BCUT2D eigenvalue weighted by molar-refractivity contribution is 5.38. The first-order chi connectivity index (χ1) is 10.3. The van der Waals surface area contributed by atoms with Crippen molar-refractivity contribution < 1.29 is 9.15 Å². The van der Waals surface area contributed by atoms with Crippen LogP contribution in [0, 0.1) is 0 Å². The first-order valence-corrected chi connectivity index (χ1v) is 8.48. The maximum absolute atomic E-state index is 6.07. The largest absolute Gasteiger partial charge is 0.446 e. The average Bonchev–Trinajstić information content (AvgIpc) is 2.97. The molecule has 0 amide bonds. The molecule has 3 heterocycles. The number of anilines is 1. The summed E-state index contributed by atoms with van der Waals surface area (Å²) in [4.78, 5) is 4.91. The molecule has 1 aromatic heterocycles. The van der Waals surface area contributed by atoms with Crippen LogP contribution in [0.15, 0.2) is 16.5 Å². The van der Waals surface area contributed by atoms with E-state index >= 15 is 0 Å². The molecule has 0 bridgehead atoms. The molecule has 0 aromatic carbocycles. The van der Waals surface area contributed by atoms with Crippen molar-refractivity contribution in [3.05, 3.63) is 17.9 Å². The third-order valence-electron chi connectivity index (χ3n) is 4.73. The van der Waals surface area contributed by atoms with Gasteiger partial charge in [0.05, 0.1) is 13.2 Å². The first kappa shape index (κ1) is 14.9. The molecule has 21 heavy (non-hydrogen) atoms. The molecule has 4 nitrogen and oxygen atoms in total. The quantitative estimate of drug-likeness (QED) is 0.834. The summed E-state index contributed by atoms with van der Waals surface area (Å²) in [6, 6.07) is 4.94. The molecule has 3 rings (SSSR count). The number of hydrogen-bond acceptors (Lipinski definition) is 4. The molecule has 0 radical (unpaired) electrons. The third-order valence-corrected chi connectivity index (χ3v) is 4.73. The number of ether oxygens (including phenoxy) is 1. The van der Waals surface area contributed by atoms with E-state index in [9.17, 15) is 0 Å². The minimum Gasteiger partial charge on any atom is -0.446 e. The third kappa shape index (κ3) is 4.01. The molecular weight excluding hydrogens is 264 g/mol. The van der Waals surface area contributed by atoms with E-state index in [-0.39, 0.29) is 0 Å². The molecule has 2 aliphatic heterocycles. The van der Waals surface area contributed by atoms with E-state index < -0.39 is 0 Å². The summed E-state index contributed by atoms with van der Waals surface area (Å²) in [5.74, 6) is 2.21. The average molecular weight is 292 g/mol. The predicted molar refractivity (Wildman–Crippen MR) is 84.9 cm³/mol. The van der Waals surface area contributed by atoms with Gasteiger partial charge in [0.25, 0.3) is 0 Å². The molecule has 1 aromatic rings. The fraction of sp³-hybridized carbons (Fsp3) is 0.765. The van der Waals surface area contributed by atoms with Gasteiger partial charge in [0.2, 0.25) is 0 Å². The van der Waals surface area contributed by atoms with E-state index in [1.165, 1.54) is 25.7 Å². The van der Waals surface area contributed by atoms with Crippen LogP contribution in [0.1, 0.15) is 38.4 Å². The van der Waals surface area contributed by atoms with Crippen molar-refractivity contribution in [1.29, 1.82) is 0 Å². The summed E-state index contributed by atoms with van der Waals surface area (Å²) in [5.41, 5.74) is 0. The van der Waals surface area contributed by atoms with Crippen LogP contribution in [0.3, 0.4) is 0 Å². The Morgan fingerprint density at radius 1 is 1.14 bits per heavy atom. The zero-order valence-corrected chi connectivity index (χ0v) is 13.2. The Labute approximate surface area is 128 Å². The molecule has 118 valence electrons. The Balaban J connectivity index is 1.46. The molecule has 0 spiro atoms. The number of hydrogen-bond donors (Lipinski definition) is 0. The zero-order chi connectivity index (χ0) is 14.5. The normalized spacial score (nSPS) is 24.4. The molecule has 2 aliphatic rings. The second-order valence-electron chi connectivity index (χ2n) is 6.34. The Bertz CT molecular complexity index is 426. The summed E-state index contributed by atoms with van der Waals surface area (Å²) in [7, 11) is 0. The van der Waals surface area contributed by atoms with Crippen LogP contribution in [-0.4, -0.2) is 50.3 Å². The van der Waals surface area contributed by atoms with Gasteiger partial charge in [-0.3, -0.25) is 4.90 Å². The molecule has 2 saturated heterocycles. The molecule has 0 N–H and O–H groups in total. The van der Waals surface area contributed by atoms with Crippen LogP contribution in [0.25, 0.3) is 0 Å². The van der Waals surface area contributed by atoms with Gasteiger partial charge < -0.3 is 14.1 Å². The van der Waals surface area contributed by atoms with Crippen LogP contribution in [0.2, 0.25) is 0 Å². The van der Waals surface area contributed by atoms with E-state index in [1.807, 2.05) is 0 Å². The summed E-state index contributed by atoms with van der Waals surface area (Å²) < 4.78 is 11.4. The van der Waals surface area contributed by atoms with Gasteiger partial charge in [-0.05, 0) is 45.2 Å². The lowest BCUT2D eigenvalue weighted by atomic mass is 10.0. The van der Waals surface area contributed by atoms with Crippen LogP contribution in [0.4, 0.5) is 5.88 Å². The number of aryl methyl sites for hydroxylation is 1. The Morgan fingerprint density at radius 3 is 2.81 bits per heavy atom. The lowest BCUT2D eigenvalue weighted by Gasteiger charge is -2.33. The van der Waals surface area contributed by atoms with Crippen molar-refractivity contribution in [2.75, 3.05) is 44.3 Å². The van der Waals surface area contributed by atoms with Gasteiger partial charge in [0, 0.05) is 38.2 Å². The molecule has 0 saturated carbocycles. The standard InChI is InChI=1S/C17H28N2O2/c1-15-5-2-3-10-19(15)17-8-7-16(21-17)6-4-9-18-11-13-20-14-12-18/h7-8,15H,2-6,9-14H2,1H3. The Kier molecular flexibility index (Phi) is 5.20. The van der Waals surface area contributed by atoms with Crippen LogP contribution < -0.4 is 4.90 Å². The highest BCUT2D eigenvalue weighted by Gasteiger charge is 2.21. The number of rotatable bonds is 5. The van der Waals surface area contributed by atoms with Crippen molar-refractivity contribution in [2.24, 2.45) is 0 Å².